The van der Waals surface area contributed by atoms with Crippen LogP contribution >= 0.6 is 11.8 Å². The monoisotopic (exact) mass is 315 g/mol. The van der Waals surface area contributed by atoms with Gasteiger partial charge in [-0.3, -0.25) is 9.59 Å². The molecule has 1 rings (SSSR count). The first-order chi connectivity index (χ1) is 10.1. The Morgan fingerprint density at radius 1 is 1.48 bits per heavy atom. The van der Waals surface area contributed by atoms with Gasteiger partial charge in [-0.2, -0.15) is 0 Å². The third-order valence-corrected chi connectivity index (χ3v) is 3.49. The minimum Gasteiger partial charge on any atom is -0.355 e. The van der Waals surface area contributed by atoms with Crippen molar-refractivity contribution in [2.24, 2.45) is 5.73 Å². The third-order valence-electron chi connectivity index (χ3n) is 2.54. The Hall–Kier alpha value is -1.68. The fourth-order valence-corrected chi connectivity index (χ4v) is 2.27. The van der Waals surface area contributed by atoms with Gasteiger partial charge in [-0.25, -0.2) is 4.68 Å². The van der Waals surface area contributed by atoms with Gasteiger partial charge in [0, 0.05) is 20.1 Å². The van der Waals surface area contributed by atoms with Crippen LogP contribution in [0, 0.1) is 0 Å². The van der Waals surface area contributed by atoms with E-state index in [1.54, 1.807) is 11.7 Å². The molecule has 1 aromatic heterocycles. The molecule has 21 heavy (non-hydrogen) atoms. The van der Waals surface area contributed by atoms with Gasteiger partial charge < -0.3 is 16.0 Å². The van der Waals surface area contributed by atoms with Crippen LogP contribution in [0.1, 0.15) is 13.3 Å². The van der Waals surface area contributed by atoms with Gasteiger partial charge in [-0.15, -0.1) is 5.10 Å². The molecule has 0 bridgehead atoms. The highest BCUT2D eigenvalue weighted by atomic mass is 32.2. The van der Waals surface area contributed by atoms with Crippen LogP contribution in [0.4, 0.5) is 0 Å². The van der Waals surface area contributed by atoms with Crippen molar-refractivity contribution in [3.63, 3.8) is 0 Å². The van der Waals surface area contributed by atoms with Crippen molar-refractivity contribution in [3.8, 4) is 0 Å². The summed E-state index contributed by atoms with van der Waals surface area (Å²) in [6, 6.07) is 0. The van der Waals surface area contributed by atoms with Gasteiger partial charge >= 0.3 is 0 Å². The summed E-state index contributed by atoms with van der Waals surface area (Å²) in [6.45, 7) is 3.55. The van der Waals surface area contributed by atoms with Gasteiger partial charge in [0.15, 0.2) is 0 Å². The van der Waals surface area contributed by atoms with Crippen molar-refractivity contribution in [1.82, 2.24) is 30.4 Å². The molecule has 118 valence electrons. The minimum absolute atomic E-state index is 0.0487. The summed E-state index contributed by atoms with van der Waals surface area (Å²) in [6.07, 6.45) is 0.864. The Kier molecular flexibility index (Phi) is 7.69. The summed E-state index contributed by atoms with van der Waals surface area (Å²) in [4.78, 5) is 24.9. The molecule has 9 nitrogen and oxygen atoms in total. The number of likely N-dealkylation sites (N-methyl/N-ethyl adjacent to an activating group) is 1. The molecule has 0 saturated carbocycles. The van der Waals surface area contributed by atoms with Gasteiger partial charge in [0.1, 0.15) is 0 Å². The smallest absolute Gasteiger partial charge is 0.239 e. The Morgan fingerprint density at radius 2 is 2.24 bits per heavy atom. The van der Waals surface area contributed by atoms with Gasteiger partial charge in [0.2, 0.25) is 17.0 Å². The van der Waals surface area contributed by atoms with E-state index in [0.29, 0.717) is 24.8 Å². The molecule has 1 heterocycles. The molecule has 0 aliphatic carbocycles. The molecule has 0 fully saturated rings. The maximum absolute atomic E-state index is 11.9. The van der Waals surface area contributed by atoms with Crippen LogP contribution in [0.2, 0.25) is 0 Å². The molecule has 10 heteroatoms. The zero-order chi connectivity index (χ0) is 15.7. The quantitative estimate of drug-likeness (QED) is 0.544. The van der Waals surface area contributed by atoms with Crippen LogP contribution in [0.5, 0.6) is 0 Å². The Labute approximate surface area is 127 Å². The predicted octanol–water partition coefficient (Wildman–Crippen LogP) is -1.29. The first-order valence-corrected chi connectivity index (χ1v) is 7.66. The van der Waals surface area contributed by atoms with Crippen LogP contribution in [0.15, 0.2) is 5.16 Å². The first-order valence-electron chi connectivity index (χ1n) is 6.68. The number of carbonyl (C=O) groups excluding carboxylic acids is 2. The topological polar surface area (TPSA) is 119 Å². The van der Waals surface area contributed by atoms with Gasteiger partial charge in [0.05, 0.1) is 18.8 Å². The van der Waals surface area contributed by atoms with Crippen LogP contribution in [-0.4, -0.2) is 69.4 Å². The molecular weight excluding hydrogens is 294 g/mol. The lowest BCUT2D eigenvalue weighted by molar-refractivity contribution is -0.132. The number of rotatable bonds is 9. The standard InChI is InChI=1S/C11H21N7O2S/c1-3-5-13-9(19)7-17(2)10(20)8-21-11-14-15-16-18(11)6-4-12/h3-8,12H2,1-2H3,(H,13,19). The van der Waals surface area contributed by atoms with Crippen molar-refractivity contribution < 1.29 is 9.59 Å². The van der Waals surface area contributed by atoms with E-state index < -0.39 is 0 Å². The summed E-state index contributed by atoms with van der Waals surface area (Å²) in [5.74, 6) is -0.151. The number of hydrogen-bond donors (Lipinski definition) is 2. The fraction of sp³-hybridized carbons (Fsp3) is 0.727. The van der Waals surface area contributed by atoms with Crippen LogP contribution in [0.3, 0.4) is 0 Å². The highest BCUT2D eigenvalue weighted by molar-refractivity contribution is 7.99. The number of aromatic nitrogens is 4. The molecule has 0 aliphatic rings. The molecule has 0 radical (unpaired) electrons. The predicted molar refractivity (Wildman–Crippen MR) is 78.5 cm³/mol. The maximum Gasteiger partial charge on any atom is 0.239 e. The van der Waals surface area contributed by atoms with E-state index in [2.05, 4.69) is 20.8 Å². The van der Waals surface area contributed by atoms with Gasteiger partial charge in [-0.1, -0.05) is 18.7 Å². The SMILES string of the molecule is CCCNC(=O)CN(C)C(=O)CSc1nnnn1CCN. The van der Waals surface area contributed by atoms with Crippen LogP contribution in [-0.2, 0) is 16.1 Å². The van der Waals surface area contributed by atoms with Crippen molar-refractivity contribution >= 4 is 23.6 Å². The second-order valence-corrected chi connectivity index (χ2v) is 5.30. The van der Waals surface area contributed by atoms with E-state index in [0.717, 1.165) is 6.42 Å². The molecule has 1 aromatic rings. The summed E-state index contributed by atoms with van der Waals surface area (Å²) in [7, 11) is 1.59. The van der Waals surface area contributed by atoms with Crippen LogP contribution in [0.25, 0.3) is 0 Å². The second kappa shape index (κ2) is 9.29. The zero-order valence-corrected chi connectivity index (χ0v) is 13.1. The number of nitrogens with zero attached hydrogens (tertiary/aromatic N) is 5. The molecule has 0 saturated heterocycles. The molecular formula is C11H21N7O2S. The van der Waals surface area contributed by atoms with E-state index in [9.17, 15) is 9.59 Å². The summed E-state index contributed by atoms with van der Waals surface area (Å²) in [5.41, 5.74) is 5.44. The number of amides is 2. The molecule has 0 atom stereocenters. The maximum atomic E-state index is 11.9. The van der Waals surface area contributed by atoms with Crippen molar-refractivity contribution in [2.45, 2.75) is 25.0 Å². The average molecular weight is 315 g/mol. The Balaban J connectivity index is 2.38. The number of tetrazole rings is 1. The van der Waals surface area contributed by atoms with E-state index >= 15 is 0 Å². The second-order valence-electron chi connectivity index (χ2n) is 4.36. The van der Waals surface area contributed by atoms with Crippen molar-refractivity contribution in [3.05, 3.63) is 0 Å². The normalized spacial score (nSPS) is 10.4. The largest absolute Gasteiger partial charge is 0.355 e. The first kappa shape index (κ1) is 17.4. The molecule has 0 spiro atoms. The van der Waals surface area contributed by atoms with E-state index in [1.165, 1.54) is 16.7 Å². The molecule has 0 unspecified atom stereocenters. The Morgan fingerprint density at radius 3 is 2.90 bits per heavy atom. The third kappa shape index (κ3) is 6.08. The lowest BCUT2D eigenvalue weighted by atomic mass is 10.4. The van der Waals surface area contributed by atoms with E-state index in [-0.39, 0.29) is 24.1 Å². The zero-order valence-electron chi connectivity index (χ0n) is 12.3. The summed E-state index contributed by atoms with van der Waals surface area (Å²) < 4.78 is 1.55. The lowest BCUT2D eigenvalue weighted by Crippen LogP contribution is -2.39. The average Bonchev–Trinajstić information content (AvgIpc) is 2.90. The number of thioether (sulfide) groups is 1. The Bertz CT molecular complexity index is 465. The van der Waals surface area contributed by atoms with Gasteiger partial charge in [-0.05, 0) is 16.8 Å². The summed E-state index contributed by atoms with van der Waals surface area (Å²) in [5, 5.41) is 14.4. The number of nitrogens with one attached hydrogen (secondary N) is 1. The van der Waals surface area contributed by atoms with E-state index in [4.69, 9.17) is 5.73 Å². The highest BCUT2D eigenvalue weighted by Gasteiger charge is 2.15. The molecule has 2 amide bonds. The highest BCUT2D eigenvalue weighted by Crippen LogP contribution is 2.13. The van der Waals surface area contributed by atoms with Crippen molar-refractivity contribution in [1.29, 1.82) is 0 Å². The van der Waals surface area contributed by atoms with Gasteiger partial charge in [0.25, 0.3) is 0 Å². The molecule has 3 N–H and O–H groups in total. The van der Waals surface area contributed by atoms with Crippen LogP contribution < -0.4 is 11.1 Å². The lowest BCUT2D eigenvalue weighted by Gasteiger charge is -2.16. The van der Waals surface area contributed by atoms with E-state index in [1.807, 2.05) is 6.92 Å². The minimum atomic E-state index is -0.161. The van der Waals surface area contributed by atoms with Crippen molar-refractivity contribution in [2.75, 3.05) is 32.4 Å². The molecule has 0 aliphatic heterocycles. The summed E-state index contributed by atoms with van der Waals surface area (Å²) >= 11 is 1.22. The number of hydrogen-bond acceptors (Lipinski definition) is 7. The fourth-order valence-electron chi connectivity index (χ4n) is 1.42. The molecule has 0 aromatic carbocycles. The number of carbonyl (C=O) groups is 2. The number of nitrogens with two attached hydrogens (primary N) is 1.